The highest BCUT2D eigenvalue weighted by atomic mass is 19.2. The van der Waals surface area contributed by atoms with Gasteiger partial charge in [0.1, 0.15) is 6.04 Å². The number of benzene rings is 4. The lowest BCUT2D eigenvalue weighted by Gasteiger charge is -2.19. The van der Waals surface area contributed by atoms with E-state index in [1.807, 2.05) is 48.5 Å². The van der Waals surface area contributed by atoms with Crippen molar-refractivity contribution in [1.82, 2.24) is 5.32 Å². The number of amides is 2. The van der Waals surface area contributed by atoms with Crippen LogP contribution in [0.5, 0.6) is 0 Å². The van der Waals surface area contributed by atoms with Crippen LogP contribution in [0.2, 0.25) is 0 Å². The fraction of sp³-hybridized carbons (Fsp3) is 0.120. The SMILES string of the molecule is NC(=O)[C@H](Cc1c2ccccc2cc2ccccc12)NC(=O)Cc1ccc(F)c(F)c1. The van der Waals surface area contributed by atoms with Gasteiger partial charge in [-0.2, -0.15) is 0 Å². The van der Waals surface area contributed by atoms with Crippen LogP contribution in [-0.2, 0) is 22.4 Å². The minimum absolute atomic E-state index is 0.197. The van der Waals surface area contributed by atoms with Crippen molar-refractivity contribution in [3.05, 3.63) is 95.6 Å². The monoisotopic (exact) mass is 418 g/mol. The maximum Gasteiger partial charge on any atom is 0.240 e. The molecular weight excluding hydrogens is 398 g/mol. The first kappa shape index (κ1) is 20.5. The first-order valence-corrected chi connectivity index (χ1v) is 9.84. The fourth-order valence-electron chi connectivity index (χ4n) is 3.84. The summed E-state index contributed by atoms with van der Waals surface area (Å²) in [6.45, 7) is 0. The lowest BCUT2D eigenvalue weighted by molar-refractivity contribution is -0.126. The molecule has 0 aliphatic heterocycles. The van der Waals surface area contributed by atoms with Gasteiger partial charge in [0.2, 0.25) is 11.8 Å². The molecule has 4 nitrogen and oxygen atoms in total. The van der Waals surface area contributed by atoms with Crippen molar-refractivity contribution in [3.8, 4) is 0 Å². The Morgan fingerprint density at radius 1 is 0.839 bits per heavy atom. The third-order valence-electron chi connectivity index (χ3n) is 5.32. The van der Waals surface area contributed by atoms with Gasteiger partial charge < -0.3 is 11.1 Å². The van der Waals surface area contributed by atoms with Crippen molar-refractivity contribution in [2.45, 2.75) is 18.9 Å². The number of hydrogen-bond donors (Lipinski definition) is 2. The van der Waals surface area contributed by atoms with Crippen LogP contribution in [0.25, 0.3) is 21.5 Å². The van der Waals surface area contributed by atoms with Gasteiger partial charge in [0, 0.05) is 6.42 Å². The van der Waals surface area contributed by atoms with E-state index < -0.39 is 29.5 Å². The Labute approximate surface area is 177 Å². The van der Waals surface area contributed by atoms with Crippen LogP contribution in [0.1, 0.15) is 11.1 Å². The summed E-state index contributed by atoms with van der Waals surface area (Å²) in [5.74, 6) is -3.18. The Morgan fingerprint density at radius 3 is 2.03 bits per heavy atom. The summed E-state index contributed by atoms with van der Waals surface area (Å²) in [5, 5.41) is 6.64. The summed E-state index contributed by atoms with van der Waals surface area (Å²) in [5.41, 5.74) is 6.80. The van der Waals surface area contributed by atoms with Gasteiger partial charge in [-0.25, -0.2) is 8.78 Å². The fourth-order valence-corrected chi connectivity index (χ4v) is 3.84. The average molecular weight is 418 g/mol. The van der Waals surface area contributed by atoms with E-state index >= 15 is 0 Å². The van der Waals surface area contributed by atoms with Crippen LogP contribution >= 0.6 is 0 Å². The van der Waals surface area contributed by atoms with Crippen LogP contribution in [0, 0.1) is 11.6 Å². The van der Waals surface area contributed by atoms with Gasteiger partial charge in [0.15, 0.2) is 11.6 Å². The standard InChI is InChI=1S/C25H20F2N2O2/c26-21-10-9-15(11-22(21)27)12-24(30)29-23(25(28)31)14-20-18-7-3-1-5-16(18)13-17-6-2-4-8-19(17)20/h1-11,13,23H,12,14H2,(H2,28,31)(H,29,30)/t23-/m0/s1. The van der Waals surface area contributed by atoms with Crippen LogP contribution < -0.4 is 11.1 Å². The van der Waals surface area contributed by atoms with E-state index in [9.17, 15) is 18.4 Å². The van der Waals surface area contributed by atoms with Gasteiger partial charge in [-0.3, -0.25) is 9.59 Å². The topological polar surface area (TPSA) is 72.2 Å². The number of nitrogens with one attached hydrogen (secondary N) is 1. The van der Waals surface area contributed by atoms with Crippen LogP contribution in [0.3, 0.4) is 0 Å². The van der Waals surface area contributed by atoms with Crippen LogP contribution in [0.15, 0.2) is 72.8 Å². The van der Waals surface area contributed by atoms with Crippen molar-refractivity contribution in [2.24, 2.45) is 5.73 Å². The average Bonchev–Trinajstić information content (AvgIpc) is 2.75. The molecule has 0 fully saturated rings. The van der Waals surface area contributed by atoms with E-state index in [4.69, 9.17) is 5.73 Å². The molecule has 0 bridgehead atoms. The molecule has 31 heavy (non-hydrogen) atoms. The van der Waals surface area contributed by atoms with E-state index in [0.29, 0.717) is 5.56 Å². The zero-order valence-corrected chi connectivity index (χ0v) is 16.6. The highest BCUT2D eigenvalue weighted by molar-refractivity contribution is 6.03. The van der Waals surface area contributed by atoms with Crippen molar-refractivity contribution < 1.29 is 18.4 Å². The molecule has 0 unspecified atom stereocenters. The second-order valence-corrected chi connectivity index (χ2v) is 7.45. The highest BCUT2D eigenvalue weighted by Crippen LogP contribution is 2.29. The quantitative estimate of drug-likeness (QED) is 0.464. The molecule has 4 aromatic rings. The molecule has 0 aliphatic rings. The minimum atomic E-state index is -1.03. The number of carbonyl (C=O) groups is 2. The first-order valence-electron chi connectivity index (χ1n) is 9.84. The summed E-state index contributed by atoms with van der Waals surface area (Å²) >= 11 is 0. The molecule has 4 aromatic carbocycles. The molecular formula is C25H20F2N2O2. The summed E-state index contributed by atoms with van der Waals surface area (Å²) < 4.78 is 26.5. The molecule has 0 spiro atoms. The van der Waals surface area contributed by atoms with E-state index in [-0.39, 0.29) is 12.8 Å². The van der Waals surface area contributed by atoms with E-state index in [1.165, 1.54) is 6.07 Å². The predicted octanol–water partition coefficient (Wildman–Crippen LogP) is 4.03. The number of halogens is 2. The zero-order chi connectivity index (χ0) is 22.0. The van der Waals surface area contributed by atoms with E-state index in [0.717, 1.165) is 39.2 Å². The second kappa shape index (κ2) is 8.52. The Balaban J connectivity index is 1.63. The molecule has 0 aliphatic carbocycles. The Bertz CT molecular complexity index is 1250. The first-order chi connectivity index (χ1) is 14.9. The largest absolute Gasteiger partial charge is 0.368 e. The predicted molar refractivity (Wildman–Crippen MR) is 116 cm³/mol. The van der Waals surface area contributed by atoms with Crippen LogP contribution in [0.4, 0.5) is 8.78 Å². The number of fused-ring (bicyclic) bond motifs is 2. The number of primary amides is 1. The third kappa shape index (κ3) is 4.38. The van der Waals surface area contributed by atoms with Crippen LogP contribution in [-0.4, -0.2) is 17.9 Å². The number of rotatable bonds is 6. The lowest BCUT2D eigenvalue weighted by Crippen LogP contribution is -2.46. The molecule has 0 aromatic heterocycles. The lowest BCUT2D eigenvalue weighted by atomic mass is 9.92. The van der Waals surface area contributed by atoms with Crippen molar-refractivity contribution >= 4 is 33.4 Å². The highest BCUT2D eigenvalue weighted by Gasteiger charge is 2.21. The third-order valence-corrected chi connectivity index (χ3v) is 5.32. The molecule has 4 rings (SSSR count). The Morgan fingerprint density at radius 2 is 1.45 bits per heavy atom. The Kier molecular flexibility index (Phi) is 5.62. The van der Waals surface area contributed by atoms with Gasteiger partial charge in [0.25, 0.3) is 0 Å². The van der Waals surface area contributed by atoms with E-state index in [1.54, 1.807) is 0 Å². The molecule has 6 heteroatoms. The molecule has 0 saturated heterocycles. The normalized spacial score (nSPS) is 12.1. The summed E-state index contributed by atoms with van der Waals surface area (Å²) in [6.07, 6.45) is 0.0119. The molecule has 0 radical (unpaired) electrons. The number of nitrogens with two attached hydrogens (primary N) is 1. The maximum atomic E-state index is 13.4. The smallest absolute Gasteiger partial charge is 0.240 e. The molecule has 0 heterocycles. The van der Waals surface area contributed by atoms with Crippen molar-refractivity contribution in [1.29, 1.82) is 0 Å². The van der Waals surface area contributed by atoms with Gasteiger partial charge in [0.05, 0.1) is 6.42 Å². The maximum absolute atomic E-state index is 13.4. The van der Waals surface area contributed by atoms with Gasteiger partial charge in [-0.05, 0) is 50.9 Å². The summed E-state index contributed by atoms with van der Waals surface area (Å²) in [7, 11) is 0. The molecule has 0 saturated carbocycles. The minimum Gasteiger partial charge on any atom is -0.368 e. The summed E-state index contributed by atoms with van der Waals surface area (Å²) in [4.78, 5) is 24.7. The molecule has 156 valence electrons. The zero-order valence-electron chi connectivity index (χ0n) is 16.6. The van der Waals surface area contributed by atoms with Gasteiger partial charge in [-0.1, -0.05) is 54.6 Å². The number of carbonyl (C=O) groups excluding carboxylic acids is 2. The van der Waals surface area contributed by atoms with E-state index in [2.05, 4.69) is 11.4 Å². The van der Waals surface area contributed by atoms with Gasteiger partial charge >= 0.3 is 0 Å². The summed E-state index contributed by atoms with van der Waals surface area (Å²) in [6, 6.07) is 20.0. The second-order valence-electron chi connectivity index (χ2n) is 7.45. The number of hydrogen-bond acceptors (Lipinski definition) is 2. The van der Waals surface area contributed by atoms with Gasteiger partial charge in [-0.15, -0.1) is 0 Å². The Hall–Kier alpha value is -3.80. The van der Waals surface area contributed by atoms with Crippen molar-refractivity contribution in [2.75, 3.05) is 0 Å². The molecule has 3 N–H and O–H groups in total. The van der Waals surface area contributed by atoms with Crippen molar-refractivity contribution in [3.63, 3.8) is 0 Å². The molecule has 1 atom stereocenters. The molecule has 2 amide bonds.